The molecule has 37 heavy (non-hydrogen) atoms. The van der Waals surface area contributed by atoms with Gasteiger partial charge in [0, 0.05) is 35.2 Å². The molecule has 0 saturated carbocycles. The number of aryl methyl sites for hydroxylation is 1. The van der Waals surface area contributed by atoms with Gasteiger partial charge in [-0.05, 0) is 51.9 Å². The average molecular weight is 532 g/mol. The van der Waals surface area contributed by atoms with Crippen molar-refractivity contribution in [2.75, 3.05) is 46.6 Å². The number of rotatable bonds is 7. The predicted molar refractivity (Wildman–Crippen MR) is 139 cm³/mol. The van der Waals surface area contributed by atoms with Crippen LogP contribution in [0.2, 0.25) is 5.02 Å². The number of pyridine rings is 1. The van der Waals surface area contributed by atoms with E-state index in [0.29, 0.717) is 63.1 Å². The minimum Gasteiger partial charge on any atom is -0.496 e. The molecule has 0 spiro atoms. The summed E-state index contributed by atoms with van der Waals surface area (Å²) >= 11 is 6.51. The van der Waals surface area contributed by atoms with Gasteiger partial charge in [-0.25, -0.2) is 0 Å². The third-order valence-corrected chi connectivity index (χ3v) is 7.88. The van der Waals surface area contributed by atoms with Gasteiger partial charge in [0.2, 0.25) is 0 Å². The molecule has 0 bridgehead atoms. The number of hydrogen-bond acceptors (Lipinski definition) is 7. The zero-order chi connectivity index (χ0) is 26.1. The van der Waals surface area contributed by atoms with E-state index >= 15 is 0 Å². The molecule has 5 rings (SSSR count). The molecule has 200 valence electrons. The monoisotopic (exact) mass is 531 g/mol. The molecule has 2 aromatic rings. The molecule has 10 heteroatoms. The fraction of sp³-hybridized carbons (Fsp3) is 0.556. The Balaban J connectivity index is 1.27. The number of aromatic amines is 1. The highest BCUT2D eigenvalue weighted by Gasteiger charge is 2.35. The maximum absolute atomic E-state index is 13.2. The number of carbonyl (C=O) groups excluding carboxylic acids is 1. The van der Waals surface area contributed by atoms with Crippen LogP contribution in [0.25, 0.3) is 0 Å². The van der Waals surface area contributed by atoms with E-state index in [-0.39, 0.29) is 24.1 Å². The lowest BCUT2D eigenvalue weighted by Crippen LogP contribution is -2.46. The quantitative estimate of drug-likeness (QED) is 0.566. The lowest BCUT2D eigenvalue weighted by Gasteiger charge is -2.40. The zero-order valence-corrected chi connectivity index (χ0v) is 22.3. The summed E-state index contributed by atoms with van der Waals surface area (Å²) in [7, 11) is 1.49. The highest BCUT2D eigenvalue weighted by atomic mass is 35.5. The molecule has 1 amide bonds. The van der Waals surface area contributed by atoms with Crippen LogP contribution in [-0.4, -0.2) is 68.5 Å². The van der Waals surface area contributed by atoms with E-state index in [4.69, 9.17) is 30.5 Å². The van der Waals surface area contributed by atoms with Crippen LogP contribution < -0.4 is 25.1 Å². The number of H-pyrrole nitrogens is 1. The first kappa shape index (κ1) is 25.9. The largest absolute Gasteiger partial charge is 0.496 e. The second-order valence-electron chi connectivity index (χ2n) is 10.2. The number of ether oxygens (including phenoxy) is 4. The Kier molecular flexibility index (Phi) is 7.65. The molecule has 1 unspecified atom stereocenters. The van der Waals surface area contributed by atoms with Crippen LogP contribution in [0.4, 0.5) is 0 Å². The number of nitrogens with zero attached hydrogens (tertiary/aromatic N) is 1. The smallest absolute Gasteiger partial charge is 0.256 e. The van der Waals surface area contributed by atoms with Crippen molar-refractivity contribution in [2.45, 2.75) is 39.3 Å². The fourth-order valence-electron chi connectivity index (χ4n) is 5.36. The van der Waals surface area contributed by atoms with E-state index in [1.807, 2.05) is 6.92 Å². The highest BCUT2D eigenvalue weighted by molar-refractivity contribution is 6.32. The Morgan fingerprint density at radius 2 is 1.95 bits per heavy atom. The molecule has 2 fully saturated rings. The minimum absolute atomic E-state index is 0.0112. The number of amides is 1. The summed E-state index contributed by atoms with van der Waals surface area (Å²) in [6.07, 6.45) is 1.98. The van der Waals surface area contributed by atoms with Crippen LogP contribution >= 0.6 is 11.6 Å². The van der Waals surface area contributed by atoms with E-state index in [9.17, 15) is 9.59 Å². The van der Waals surface area contributed by atoms with Gasteiger partial charge in [0.15, 0.2) is 11.5 Å². The predicted octanol–water partition coefficient (Wildman–Crippen LogP) is 3.08. The topological polar surface area (TPSA) is 102 Å². The molecule has 3 aliphatic heterocycles. The van der Waals surface area contributed by atoms with Crippen molar-refractivity contribution in [1.82, 2.24) is 15.2 Å². The molecular formula is C27H34ClN3O6. The molecule has 1 aromatic carbocycles. The maximum atomic E-state index is 13.2. The number of carbonyl (C=O) groups is 1. The highest BCUT2D eigenvalue weighted by Crippen LogP contribution is 2.44. The van der Waals surface area contributed by atoms with Crippen LogP contribution in [0.15, 0.2) is 16.9 Å². The summed E-state index contributed by atoms with van der Waals surface area (Å²) < 4.78 is 23.1. The van der Waals surface area contributed by atoms with Gasteiger partial charge in [0.25, 0.3) is 11.5 Å². The Labute approximate surface area is 221 Å². The van der Waals surface area contributed by atoms with E-state index in [1.165, 1.54) is 7.11 Å². The van der Waals surface area contributed by atoms with Gasteiger partial charge in [-0.1, -0.05) is 11.6 Å². The van der Waals surface area contributed by atoms with E-state index < -0.39 is 0 Å². The Morgan fingerprint density at radius 1 is 1.19 bits per heavy atom. The summed E-state index contributed by atoms with van der Waals surface area (Å²) in [5.41, 5.74) is 1.77. The van der Waals surface area contributed by atoms with Crippen molar-refractivity contribution in [3.8, 4) is 17.2 Å². The SMILES string of the molecule is COc1cc(C)[nH]c(=O)c1CNC(=O)c1cc(Cl)c2c(c1C)OC(C1CCN(CC3COC3)CC1)CO2. The second-order valence-corrected chi connectivity index (χ2v) is 10.6. The van der Waals surface area contributed by atoms with Gasteiger partial charge in [0.05, 0.1) is 37.5 Å². The molecule has 9 nitrogen and oxygen atoms in total. The van der Waals surface area contributed by atoms with E-state index in [1.54, 1.807) is 19.1 Å². The number of aromatic nitrogens is 1. The first-order valence-electron chi connectivity index (χ1n) is 12.8. The zero-order valence-electron chi connectivity index (χ0n) is 21.5. The van der Waals surface area contributed by atoms with Gasteiger partial charge in [0.1, 0.15) is 18.5 Å². The molecule has 3 aliphatic rings. The molecule has 0 radical (unpaired) electrons. The van der Waals surface area contributed by atoms with Crippen LogP contribution in [0, 0.1) is 25.7 Å². The number of halogens is 1. The van der Waals surface area contributed by atoms with Crippen molar-refractivity contribution in [2.24, 2.45) is 11.8 Å². The number of hydrogen-bond donors (Lipinski definition) is 2. The van der Waals surface area contributed by atoms with Crippen molar-refractivity contribution in [1.29, 1.82) is 0 Å². The van der Waals surface area contributed by atoms with Gasteiger partial charge in [-0.3, -0.25) is 9.59 Å². The van der Waals surface area contributed by atoms with Gasteiger partial charge in [-0.15, -0.1) is 0 Å². The van der Waals surface area contributed by atoms with Gasteiger partial charge < -0.3 is 34.1 Å². The average Bonchev–Trinajstić information content (AvgIpc) is 2.87. The van der Waals surface area contributed by atoms with Crippen LogP contribution in [0.5, 0.6) is 17.2 Å². The number of fused-ring (bicyclic) bond motifs is 1. The van der Waals surface area contributed by atoms with Crippen LogP contribution in [0.1, 0.15) is 40.0 Å². The van der Waals surface area contributed by atoms with E-state index in [0.717, 1.165) is 45.7 Å². The second kappa shape index (κ2) is 10.9. The lowest BCUT2D eigenvalue weighted by atomic mass is 9.90. The maximum Gasteiger partial charge on any atom is 0.256 e. The summed E-state index contributed by atoms with van der Waals surface area (Å²) in [5, 5.41) is 3.15. The van der Waals surface area contributed by atoms with Crippen molar-refractivity contribution in [3.05, 3.63) is 49.9 Å². The molecule has 1 atom stereocenters. The molecule has 0 aliphatic carbocycles. The normalized spacial score (nSPS) is 20.4. The molecule has 4 heterocycles. The van der Waals surface area contributed by atoms with Crippen LogP contribution in [0.3, 0.4) is 0 Å². The number of methoxy groups -OCH3 is 1. The summed E-state index contributed by atoms with van der Waals surface area (Å²) in [5.74, 6) is 2.10. The summed E-state index contributed by atoms with van der Waals surface area (Å²) in [6, 6.07) is 3.31. The Hall–Kier alpha value is -2.75. The molecule has 2 N–H and O–H groups in total. The minimum atomic E-state index is -0.358. The third-order valence-electron chi connectivity index (χ3n) is 7.60. The molecular weight excluding hydrogens is 498 g/mol. The first-order chi connectivity index (χ1) is 17.8. The Morgan fingerprint density at radius 3 is 2.62 bits per heavy atom. The fourth-order valence-corrected chi connectivity index (χ4v) is 5.61. The summed E-state index contributed by atoms with van der Waals surface area (Å²) in [6.45, 7) is 8.99. The number of piperidine rings is 1. The number of benzene rings is 1. The van der Waals surface area contributed by atoms with Crippen LogP contribution in [-0.2, 0) is 11.3 Å². The summed E-state index contributed by atoms with van der Waals surface area (Å²) in [4.78, 5) is 30.8. The third kappa shape index (κ3) is 5.44. The van der Waals surface area contributed by atoms with Crippen molar-refractivity contribution >= 4 is 17.5 Å². The van der Waals surface area contributed by atoms with E-state index in [2.05, 4.69) is 15.2 Å². The first-order valence-corrected chi connectivity index (χ1v) is 13.2. The molecule has 2 saturated heterocycles. The van der Waals surface area contributed by atoms with Crippen molar-refractivity contribution < 1.29 is 23.7 Å². The lowest BCUT2D eigenvalue weighted by molar-refractivity contribution is -0.0535. The standard InChI is InChI=1S/C27H34ClN3O6/c1-15-8-22(34-3)20(27(33)30-15)10-29-26(32)19-9-21(28)25-24(16(19)2)37-23(14-36-25)18-4-6-31(7-5-18)11-17-12-35-13-17/h8-9,17-18,23H,4-7,10-14H2,1-3H3,(H,29,32)(H,30,33). The van der Waals surface area contributed by atoms with Crippen molar-refractivity contribution in [3.63, 3.8) is 0 Å². The number of likely N-dealkylation sites (tertiary alicyclic amines) is 1. The molecule has 1 aromatic heterocycles. The van der Waals surface area contributed by atoms with Gasteiger partial charge >= 0.3 is 0 Å². The Bertz CT molecular complexity index is 1220. The number of nitrogens with one attached hydrogen (secondary N) is 2. The van der Waals surface area contributed by atoms with Gasteiger partial charge in [-0.2, -0.15) is 0 Å².